The molecule has 0 unspecified atom stereocenters. The van der Waals surface area contributed by atoms with E-state index in [-0.39, 0.29) is 22.2 Å². The molecular weight excluding hydrogens is 373 g/mol. The molecule has 0 aromatic heterocycles. The second kappa shape index (κ2) is 7.56. The Morgan fingerprint density at radius 2 is 2.05 bits per heavy atom. The highest BCUT2D eigenvalue weighted by Gasteiger charge is 2.33. The third-order valence-electron chi connectivity index (χ3n) is 2.37. The van der Waals surface area contributed by atoms with Gasteiger partial charge in [0.2, 0.25) is 0 Å². The average Bonchev–Trinajstić information content (AvgIpc) is 2.34. The van der Waals surface area contributed by atoms with Gasteiger partial charge < -0.3 is 0 Å². The van der Waals surface area contributed by atoms with Crippen molar-refractivity contribution in [2.45, 2.75) is 25.9 Å². The van der Waals surface area contributed by atoms with Crippen LogP contribution in [0, 0.1) is 0 Å². The Labute approximate surface area is 133 Å². The van der Waals surface area contributed by atoms with Crippen LogP contribution in [0.4, 0.5) is 13.2 Å². The Kier molecular flexibility index (Phi) is 6.68. The van der Waals surface area contributed by atoms with Crippen molar-refractivity contribution in [1.29, 1.82) is 0 Å². The van der Waals surface area contributed by atoms with Gasteiger partial charge in [-0.15, -0.1) is 11.8 Å². The monoisotopic (exact) mass is 384 g/mol. The van der Waals surface area contributed by atoms with Gasteiger partial charge in [-0.3, -0.25) is 4.79 Å². The van der Waals surface area contributed by atoms with Crippen molar-refractivity contribution in [3.05, 3.63) is 33.8 Å². The number of carbonyl (C=O) groups is 1. The van der Waals surface area contributed by atoms with Gasteiger partial charge in [0.1, 0.15) is 0 Å². The molecule has 0 saturated carbocycles. The molecule has 0 radical (unpaired) electrons. The summed E-state index contributed by atoms with van der Waals surface area (Å²) in [4.78, 5) is 11.9. The van der Waals surface area contributed by atoms with Gasteiger partial charge in [-0.2, -0.15) is 13.2 Å². The van der Waals surface area contributed by atoms with Crippen molar-refractivity contribution >= 4 is 49.9 Å². The van der Waals surface area contributed by atoms with Crippen molar-refractivity contribution in [2.24, 2.45) is 0 Å². The summed E-state index contributed by atoms with van der Waals surface area (Å²) < 4.78 is 38.2. The van der Waals surface area contributed by atoms with Gasteiger partial charge in [0.25, 0.3) is 0 Å². The summed E-state index contributed by atoms with van der Waals surface area (Å²) in [6.45, 7) is 2.00. The maximum atomic E-state index is 12.6. The number of thioether (sulfide) groups is 1. The van der Waals surface area contributed by atoms with Crippen LogP contribution in [0.3, 0.4) is 0 Å². The molecule has 0 aliphatic rings. The van der Waals surface area contributed by atoms with Crippen LogP contribution in [0.1, 0.15) is 35.7 Å². The number of carbonyl (C=O) groups excluding carboxylic acids is 1. The quantitative estimate of drug-likeness (QED) is 0.491. The molecule has 110 valence electrons. The third-order valence-corrected chi connectivity index (χ3v) is 4.60. The molecule has 0 spiro atoms. The standard InChI is InChI=1S/C13H12BrF3OS2/c1-2-5-20-12(19)7-11(18)8-3-4-9(10(14)6-8)13(15,16)17/h3-4,6H,2,5,7H2,1H3. The van der Waals surface area contributed by atoms with Gasteiger partial charge in [-0.1, -0.05) is 41.1 Å². The normalized spacial score (nSPS) is 11.4. The fourth-order valence-corrected chi connectivity index (χ4v) is 3.07. The summed E-state index contributed by atoms with van der Waals surface area (Å²) in [6.07, 6.45) is -3.42. The first-order valence-corrected chi connectivity index (χ1v) is 8.00. The van der Waals surface area contributed by atoms with E-state index in [1.807, 2.05) is 6.92 Å². The second-order valence-corrected chi connectivity index (χ2v) is 6.81. The van der Waals surface area contributed by atoms with Crippen molar-refractivity contribution in [2.75, 3.05) is 5.75 Å². The van der Waals surface area contributed by atoms with E-state index in [2.05, 4.69) is 15.9 Å². The van der Waals surface area contributed by atoms with Gasteiger partial charge in [-0.25, -0.2) is 0 Å². The first kappa shape index (κ1) is 17.7. The van der Waals surface area contributed by atoms with Gasteiger partial charge in [0.15, 0.2) is 5.78 Å². The van der Waals surface area contributed by atoms with Crippen LogP contribution in [-0.4, -0.2) is 15.7 Å². The summed E-state index contributed by atoms with van der Waals surface area (Å²) in [5.41, 5.74) is -0.568. The highest BCUT2D eigenvalue weighted by atomic mass is 79.9. The summed E-state index contributed by atoms with van der Waals surface area (Å²) in [6, 6.07) is 3.28. The molecule has 0 saturated heterocycles. The lowest BCUT2D eigenvalue weighted by Crippen LogP contribution is -2.09. The molecule has 1 aromatic rings. The lowest BCUT2D eigenvalue weighted by molar-refractivity contribution is -0.138. The first-order valence-electron chi connectivity index (χ1n) is 5.81. The number of benzene rings is 1. The van der Waals surface area contributed by atoms with Gasteiger partial charge in [0, 0.05) is 10.0 Å². The zero-order chi connectivity index (χ0) is 15.3. The number of alkyl halides is 3. The van der Waals surface area contributed by atoms with Crippen LogP contribution in [0.25, 0.3) is 0 Å². The van der Waals surface area contributed by atoms with Gasteiger partial charge >= 0.3 is 6.18 Å². The molecule has 20 heavy (non-hydrogen) atoms. The summed E-state index contributed by atoms with van der Waals surface area (Å²) in [5.74, 6) is 0.566. The Hall–Kier alpha value is -0.400. The van der Waals surface area contributed by atoms with Crippen LogP contribution in [0.15, 0.2) is 22.7 Å². The van der Waals surface area contributed by atoms with Crippen LogP contribution < -0.4 is 0 Å². The third kappa shape index (κ3) is 5.18. The molecule has 0 amide bonds. The molecule has 0 bridgehead atoms. The zero-order valence-corrected chi connectivity index (χ0v) is 13.8. The van der Waals surface area contributed by atoms with Gasteiger partial charge in [-0.05, 0) is 24.3 Å². The van der Waals surface area contributed by atoms with E-state index in [4.69, 9.17) is 12.2 Å². The fourth-order valence-electron chi connectivity index (χ4n) is 1.42. The fraction of sp³-hybridized carbons (Fsp3) is 0.385. The minimum Gasteiger partial charge on any atom is -0.294 e. The predicted molar refractivity (Wildman–Crippen MR) is 83.4 cm³/mol. The van der Waals surface area contributed by atoms with Crippen LogP contribution in [0.5, 0.6) is 0 Å². The van der Waals surface area contributed by atoms with E-state index in [1.54, 1.807) is 0 Å². The molecular formula is C13H12BrF3OS2. The molecule has 1 rings (SSSR count). The lowest BCUT2D eigenvalue weighted by Gasteiger charge is -2.10. The highest BCUT2D eigenvalue weighted by Crippen LogP contribution is 2.35. The summed E-state index contributed by atoms with van der Waals surface area (Å²) in [7, 11) is 0. The largest absolute Gasteiger partial charge is 0.417 e. The maximum absolute atomic E-state index is 12.6. The summed E-state index contributed by atoms with van der Waals surface area (Å²) >= 11 is 9.34. The van der Waals surface area contributed by atoms with E-state index >= 15 is 0 Å². The molecule has 0 heterocycles. The number of hydrogen-bond acceptors (Lipinski definition) is 3. The topological polar surface area (TPSA) is 17.1 Å². The van der Waals surface area contributed by atoms with Crippen molar-refractivity contribution in [1.82, 2.24) is 0 Å². The van der Waals surface area contributed by atoms with E-state index in [0.717, 1.165) is 18.2 Å². The molecule has 0 fully saturated rings. The molecule has 1 nitrogen and oxygen atoms in total. The first-order chi connectivity index (χ1) is 9.25. The van der Waals surface area contributed by atoms with Crippen molar-refractivity contribution in [3.63, 3.8) is 0 Å². The molecule has 7 heteroatoms. The number of thiocarbonyl (C=S) groups is 1. The van der Waals surface area contributed by atoms with E-state index < -0.39 is 11.7 Å². The smallest absolute Gasteiger partial charge is 0.294 e. The second-order valence-electron chi connectivity index (χ2n) is 4.01. The summed E-state index contributed by atoms with van der Waals surface area (Å²) in [5, 5.41) is 0. The SMILES string of the molecule is CCCSC(=S)CC(=O)c1ccc(C(F)(F)F)c(Br)c1. The molecule has 1 aromatic carbocycles. The zero-order valence-electron chi connectivity index (χ0n) is 10.6. The Morgan fingerprint density at radius 1 is 1.40 bits per heavy atom. The molecule has 0 aliphatic carbocycles. The van der Waals surface area contributed by atoms with Crippen LogP contribution in [0.2, 0.25) is 0 Å². The van der Waals surface area contributed by atoms with Gasteiger partial charge in [0.05, 0.1) is 16.2 Å². The number of Topliss-reactive ketones (excluding diaryl/α,β-unsaturated/α-hetero) is 1. The highest BCUT2D eigenvalue weighted by molar-refractivity contribution is 9.10. The Bertz CT molecular complexity index is 515. The Balaban J connectivity index is 2.80. The predicted octanol–water partition coefficient (Wildman–Crippen LogP) is 5.51. The lowest BCUT2D eigenvalue weighted by atomic mass is 10.1. The van der Waals surface area contributed by atoms with E-state index in [1.165, 1.54) is 23.9 Å². The van der Waals surface area contributed by atoms with Crippen molar-refractivity contribution < 1.29 is 18.0 Å². The molecule has 0 aliphatic heterocycles. The van der Waals surface area contributed by atoms with E-state index in [9.17, 15) is 18.0 Å². The maximum Gasteiger partial charge on any atom is 0.417 e. The average molecular weight is 385 g/mol. The Morgan fingerprint density at radius 3 is 2.55 bits per heavy atom. The number of ketones is 1. The minimum absolute atomic E-state index is 0.0673. The molecule has 0 N–H and O–H groups in total. The van der Waals surface area contributed by atoms with E-state index in [0.29, 0.717) is 4.20 Å². The molecule has 0 atom stereocenters. The number of halogens is 4. The minimum atomic E-state index is -4.44. The number of hydrogen-bond donors (Lipinski definition) is 0. The van der Waals surface area contributed by atoms with Crippen LogP contribution in [-0.2, 0) is 6.18 Å². The number of rotatable bonds is 5. The van der Waals surface area contributed by atoms with Crippen molar-refractivity contribution in [3.8, 4) is 0 Å². The van der Waals surface area contributed by atoms with Crippen LogP contribution >= 0.6 is 39.9 Å².